The van der Waals surface area contributed by atoms with E-state index in [0.717, 1.165) is 11.6 Å². The van der Waals surface area contributed by atoms with Gasteiger partial charge in [-0.1, -0.05) is 26.0 Å². The molecular weight excluding hydrogens is 523 g/mol. The standard InChI is InChI=1S/C26H30F3N3O5S/c1-14(2)23(26(35)36)37-18-5-3-15(4-6-18)13-31-24(34)25-32(7-8-38-25)22(33)11-17(30)9-16-10-20(28)21(29)12-19(16)27/h3-6,10,12,14,17,23,25H,7-9,11,13,30H2,1-2H3,(H,31,34)(H,35,36)/t17-,23?,25+/m1/s1. The Kier molecular flexibility index (Phi) is 10.0. The smallest absolute Gasteiger partial charge is 0.345 e. The molecule has 0 radical (unpaired) electrons. The van der Waals surface area contributed by atoms with Gasteiger partial charge in [0.05, 0.1) is 0 Å². The fraction of sp³-hybridized carbons (Fsp3) is 0.423. The van der Waals surface area contributed by atoms with Crippen LogP contribution in [0.15, 0.2) is 36.4 Å². The second-order valence-corrected chi connectivity index (χ2v) is 10.5. The molecule has 2 aromatic carbocycles. The number of benzene rings is 2. The number of nitrogens with zero attached hydrogens (tertiary/aromatic N) is 1. The Bertz CT molecular complexity index is 1170. The summed E-state index contributed by atoms with van der Waals surface area (Å²) in [6.45, 7) is 4.01. The largest absolute Gasteiger partial charge is 0.478 e. The third kappa shape index (κ3) is 7.64. The molecule has 1 aliphatic heterocycles. The number of carboxylic acid groups (broad SMARTS) is 1. The molecule has 0 aliphatic carbocycles. The molecule has 1 saturated heterocycles. The van der Waals surface area contributed by atoms with Crippen molar-refractivity contribution in [3.63, 3.8) is 0 Å². The van der Waals surface area contributed by atoms with Gasteiger partial charge in [-0.25, -0.2) is 18.0 Å². The first-order valence-corrected chi connectivity index (χ1v) is 13.1. The van der Waals surface area contributed by atoms with Crippen molar-refractivity contribution in [3.05, 3.63) is 65.0 Å². The van der Waals surface area contributed by atoms with Gasteiger partial charge in [0.25, 0.3) is 5.91 Å². The second kappa shape index (κ2) is 13.0. The first kappa shape index (κ1) is 29.3. The maximum atomic E-state index is 13.9. The Balaban J connectivity index is 1.52. The molecule has 8 nitrogen and oxygen atoms in total. The number of carbonyl (C=O) groups is 3. The zero-order chi connectivity index (χ0) is 28.0. The average Bonchev–Trinajstić information content (AvgIpc) is 3.35. The first-order valence-electron chi connectivity index (χ1n) is 12.0. The number of rotatable bonds is 11. The van der Waals surface area contributed by atoms with Crippen LogP contribution < -0.4 is 15.8 Å². The van der Waals surface area contributed by atoms with Crippen LogP contribution in [0.1, 0.15) is 31.4 Å². The van der Waals surface area contributed by atoms with Crippen LogP contribution in [0.25, 0.3) is 0 Å². The number of amides is 2. The number of halogens is 3. The number of aliphatic carboxylic acids is 1. The number of ether oxygens (including phenoxy) is 1. The summed E-state index contributed by atoms with van der Waals surface area (Å²) in [5.74, 6) is -4.55. The second-order valence-electron chi connectivity index (χ2n) is 9.32. The molecule has 0 saturated carbocycles. The van der Waals surface area contributed by atoms with Gasteiger partial charge in [-0.15, -0.1) is 11.8 Å². The zero-order valence-electron chi connectivity index (χ0n) is 21.0. The fourth-order valence-electron chi connectivity index (χ4n) is 3.94. The van der Waals surface area contributed by atoms with Crippen LogP contribution in [0.5, 0.6) is 5.75 Å². The molecule has 2 amide bonds. The molecule has 3 rings (SSSR count). The lowest BCUT2D eigenvalue weighted by atomic mass is 10.0. The first-order chi connectivity index (χ1) is 18.0. The van der Waals surface area contributed by atoms with E-state index in [9.17, 15) is 32.7 Å². The average molecular weight is 554 g/mol. The third-order valence-corrected chi connectivity index (χ3v) is 7.15. The Morgan fingerprint density at radius 3 is 2.42 bits per heavy atom. The minimum absolute atomic E-state index is 0.131. The van der Waals surface area contributed by atoms with Crippen molar-refractivity contribution in [3.8, 4) is 5.75 Å². The summed E-state index contributed by atoms with van der Waals surface area (Å²) in [6, 6.07) is 6.97. The van der Waals surface area contributed by atoms with Crippen molar-refractivity contribution >= 4 is 29.5 Å². The molecule has 0 bridgehead atoms. The molecule has 3 atom stereocenters. The topological polar surface area (TPSA) is 122 Å². The number of nitrogens with two attached hydrogens (primary N) is 1. The molecule has 4 N–H and O–H groups in total. The Morgan fingerprint density at radius 1 is 1.13 bits per heavy atom. The molecule has 1 fully saturated rings. The van der Waals surface area contributed by atoms with E-state index < -0.39 is 46.8 Å². The van der Waals surface area contributed by atoms with Gasteiger partial charge in [0.15, 0.2) is 23.1 Å². The van der Waals surface area contributed by atoms with Crippen LogP contribution in [-0.4, -0.2) is 57.6 Å². The quantitative estimate of drug-likeness (QED) is 0.366. The van der Waals surface area contributed by atoms with Gasteiger partial charge in [-0.3, -0.25) is 9.59 Å². The Labute approximate surface area is 222 Å². The van der Waals surface area contributed by atoms with E-state index in [4.69, 9.17) is 10.5 Å². The highest BCUT2D eigenvalue weighted by Crippen LogP contribution is 2.26. The van der Waals surface area contributed by atoms with Crippen LogP contribution in [0.3, 0.4) is 0 Å². The minimum Gasteiger partial charge on any atom is -0.478 e. The Hall–Kier alpha value is -3.25. The summed E-state index contributed by atoms with van der Waals surface area (Å²) in [5.41, 5.74) is 6.60. The highest BCUT2D eigenvalue weighted by molar-refractivity contribution is 8.00. The number of hydrogen-bond acceptors (Lipinski definition) is 6. The van der Waals surface area contributed by atoms with Crippen molar-refractivity contribution in [2.75, 3.05) is 12.3 Å². The van der Waals surface area contributed by atoms with Crippen LogP contribution in [0.2, 0.25) is 0 Å². The molecule has 206 valence electrons. The van der Waals surface area contributed by atoms with Crippen LogP contribution >= 0.6 is 11.8 Å². The summed E-state index contributed by atoms with van der Waals surface area (Å²) >= 11 is 1.30. The fourth-order valence-corrected chi connectivity index (χ4v) is 5.10. The van der Waals surface area contributed by atoms with E-state index in [1.165, 1.54) is 16.7 Å². The van der Waals surface area contributed by atoms with Crippen molar-refractivity contribution in [1.82, 2.24) is 10.2 Å². The molecule has 1 aliphatic rings. The van der Waals surface area contributed by atoms with Crippen molar-refractivity contribution < 1.29 is 37.4 Å². The van der Waals surface area contributed by atoms with Gasteiger partial charge in [0.1, 0.15) is 11.6 Å². The maximum absolute atomic E-state index is 13.9. The number of nitrogens with one attached hydrogen (secondary N) is 1. The normalized spacial score (nSPS) is 16.8. The number of thioether (sulfide) groups is 1. The summed E-state index contributed by atoms with van der Waals surface area (Å²) in [6.07, 6.45) is -1.35. The van der Waals surface area contributed by atoms with Gasteiger partial charge in [0.2, 0.25) is 5.91 Å². The molecule has 1 heterocycles. The molecule has 1 unspecified atom stereocenters. The number of carbonyl (C=O) groups excluding carboxylic acids is 2. The summed E-state index contributed by atoms with van der Waals surface area (Å²) in [5, 5.41) is 11.3. The van der Waals surface area contributed by atoms with E-state index in [1.54, 1.807) is 38.1 Å². The predicted octanol–water partition coefficient (Wildman–Crippen LogP) is 3.07. The van der Waals surface area contributed by atoms with Gasteiger partial charge in [0, 0.05) is 43.3 Å². The molecule has 0 aromatic heterocycles. The lowest BCUT2D eigenvalue weighted by Gasteiger charge is -2.24. The van der Waals surface area contributed by atoms with Crippen LogP contribution in [0.4, 0.5) is 13.2 Å². The van der Waals surface area contributed by atoms with Crippen molar-refractivity contribution in [1.29, 1.82) is 0 Å². The van der Waals surface area contributed by atoms with E-state index in [-0.39, 0.29) is 36.8 Å². The lowest BCUT2D eigenvalue weighted by molar-refractivity contribution is -0.147. The summed E-state index contributed by atoms with van der Waals surface area (Å²) in [4.78, 5) is 38.4. The highest BCUT2D eigenvalue weighted by Gasteiger charge is 2.35. The van der Waals surface area contributed by atoms with E-state index >= 15 is 0 Å². The highest BCUT2D eigenvalue weighted by atomic mass is 32.2. The molecule has 12 heteroatoms. The van der Waals surface area contributed by atoms with Gasteiger partial charge in [-0.05, 0) is 35.7 Å². The van der Waals surface area contributed by atoms with Crippen molar-refractivity contribution in [2.45, 2.75) is 50.8 Å². The molecule has 0 spiro atoms. The molecule has 2 aromatic rings. The van der Waals surface area contributed by atoms with Crippen molar-refractivity contribution in [2.24, 2.45) is 11.7 Å². The monoisotopic (exact) mass is 553 g/mol. The predicted molar refractivity (Wildman–Crippen MR) is 136 cm³/mol. The molecule has 38 heavy (non-hydrogen) atoms. The number of carboxylic acids is 1. The van der Waals surface area contributed by atoms with Gasteiger partial charge < -0.3 is 25.8 Å². The molecular formula is C26H30F3N3O5S. The Morgan fingerprint density at radius 2 is 1.79 bits per heavy atom. The maximum Gasteiger partial charge on any atom is 0.345 e. The summed E-state index contributed by atoms with van der Waals surface area (Å²) < 4.78 is 46.0. The van der Waals surface area contributed by atoms with Gasteiger partial charge in [-0.2, -0.15) is 0 Å². The minimum atomic E-state index is -1.30. The van der Waals surface area contributed by atoms with E-state index in [2.05, 4.69) is 5.32 Å². The van der Waals surface area contributed by atoms with Gasteiger partial charge >= 0.3 is 5.97 Å². The van der Waals surface area contributed by atoms with Crippen LogP contribution in [-0.2, 0) is 27.3 Å². The third-order valence-electron chi connectivity index (χ3n) is 5.95. The SMILES string of the molecule is CC(C)C(Oc1ccc(CNC(=O)[C@@H]2SCCN2C(=O)C[C@H](N)Cc2cc(F)c(F)cc2F)cc1)C(=O)O. The van der Waals surface area contributed by atoms with E-state index in [0.29, 0.717) is 24.1 Å². The lowest BCUT2D eigenvalue weighted by Crippen LogP contribution is -2.46. The van der Waals surface area contributed by atoms with Crippen LogP contribution in [0, 0.1) is 23.4 Å². The van der Waals surface area contributed by atoms with E-state index in [1.807, 2.05) is 0 Å². The number of hydrogen-bond donors (Lipinski definition) is 3. The zero-order valence-corrected chi connectivity index (χ0v) is 21.8. The summed E-state index contributed by atoms with van der Waals surface area (Å²) in [7, 11) is 0.